The van der Waals surface area contributed by atoms with Gasteiger partial charge < -0.3 is 36.3 Å². The topological polar surface area (TPSA) is 203 Å². The van der Waals surface area contributed by atoms with E-state index in [1.165, 1.54) is 70.0 Å². The van der Waals surface area contributed by atoms with Gasteiger partial charge in [0.05, 0.1) is 6.33 Å². The number of carbonyl (C=O) groups is 6. The maximum atomic E-state index is 13.4. The minimum absolute atomic E-state index is 0.0878. The minimum atomic E-state index is -1.18. The number of benzene rings is 1. The van der Waals surface area contributed by atoms with E-state index in [9.17, 15) is 33.9 Å². The standard InChI is InChI=1S/C40H61N7O7/c1-4-5-6-7-8-9-10-11-12-13-17-22-35(48)45-32(25-31-26-41-27-42-31)37(50)43-28(2)36(49)44-29(3)39(52)47-23-18-21-34(47)38(51)46-33(40(53)54)24-30-19-15-14-16-20-30/h14-16,19-20,26-29,32-34H,4-13,17-18,21-25H2,1-3H3,(H,41,42)(H,43,50)(H,44,49)(H,45,48)(H,46,51)(H,53,54). The third-order valence-electron chi connectivity index (χ3n) is 9.85. The van der Waals surface area contributed by atoms with Gasteiger partial charge in [0.2, 0.25) is 29.5 Å². The molecule has 1 aliphatic rings. The summed E-state index contributed by atoms with van der Waals surface area (Å²) >= 11 is 0. The van der Waals surface area contributed by atoms with Crippen LogP contribution < -0.4 is 21.3 Å². The third kappa shape index (κ3) is 15.3. The van der Waals surface area contributed by atoms with E-state index in [-0.39, 0.29) is 25.3 Å². The van der Waals surface area contributed by atoms with E-state index in [0.717, 1.165) is 31.2 Å². The van der Waals surface area contributed by atoms with Crippen molar-refractivity contribution in [3.05, 3.63) is 54.1 Å². The number of imidazole rings is 1. The molecule has 5 atom stereocenters. The van der Waals surface area contributed by atoms with Crippen molar-refractivity contribution >= 4 is 35.5 Å². The normalized spacial score (nSPS) is 16.1. The molecule has 5 unspecified atom stereocenters. The van der Waals surface area contributed by atoms with Gasteiger partial charge in [-0.3, -0.25) is 24.0 Å². The Bertz CT molecular complexity index is 1470. The molecule has 0 bridgehead atoms. The lowest BCUT2D eigenvalue weighted by molar-refractivity contribution is -0.144. The second-order valence-electron chi connectivity index (χ2n) is 14.4. The van der Waals surface area contributed by atoms with Gasteiger partial charge in [-0.2, -0.15) is 0 Å². The molecule has 0 spiro atoms. The van der Waals surface area contributed by atoms with Crippen LogP contribution in [0.3, 0.4) is 0 Å². The molecule has 2 aromatic rings. The zero-order chi connectivity index (χ0) is 39.3. The number of nitrogens with one attached hydrogen (secondary N) is 5. The number of carbonyl (C=O) groups excluding carboxylic acids is 5. The van der Waals surface area contributed by atoms with Gasteiger partial charge in [-0.15, -0.1) is 0 Å². The van der Waals surface area contributed by atoms with E-state index in [1.54, 1.807) is 30.5 Å². The average Bonchev–Trinajstić information content (AvgIpc) is 3.86. The molecule has 0 saturated carbocycles. The third-order valence-corrected chi connectivity index (χ3v) is 9.85. The number of unbranched alkanes of at least 4 members (excludes halogenated alkanes) is 10. The number of aliphatic carboxylic acids is 1. The van der Waals surface area contributed by atoms with Crippen LogP contribution in [0.2, 0.25) is 0 Å². The molecule has 5 amide bonds. The zero-order valence-electron chi connectivity index (χ0n) is 32.2. The number of rotatable bonds is 25. The van der Waals surface area contributed by atoms with Crippen LogP contribution in [-0.4, -0.2) is 92.2 Å². The van der Waals surface area contributed by atoms with Gasteiger partial charge in [-0.05, 0) is 38.7 Å². The molecular formula is C40H61N7O7. The molecule has 14 nitrogen and oxygen atoms in total. The molecule has 1 fully saturated rings. The number of carboxylic acids is 1. The summed E-state index contributed by atoms with van der Waals surface area (Å²) in [6.07, 6.45) is 17.3. The number of carboxylic acid groups (broad SMARTS) is 1. The van der Waals surface area contributed by atoms with Gasteiger partial charge in [0.25, 0.3) is 0 Å². The molecule has 298 valence electrons. The van der Waals surface area contributed by atoms with Crippen LogP contribution in [0, 0.1) is 0 Å². The van der Waals surface area contributed by atoms with Crippen molar-refractivity contribution in [1.29, 1.82) is 0 Å². The second kappa shape index (κ2) is 23.8. The molecule has 1 aromatic heterocycles. The Hall–Kier alpha value is -4.75. The van der Waals surface area contributed by atoms with Crippen LogP contribution in [-0.2, 0) is 41.6 Å². The Morgan fingerprint density at radius 1 is 0.796 bits per heavy atom. The lowest BCUT2D eigenvalue weighted by atomic mass is 10.0. The van der Waals surface area contributed by atoms with Crippen molar-refractivity contribution in [2.75, 3.05) is 6.54 Å². The van der Waals surface area contributed by atoms with Gasteiger partial charge in [0.1, 0.15) is 30.2 Å². The molecule has 0 aliphatic carbocycles. The molecule has 3 rings (SSSR count). The van der Waals surface area contributed by atoms with Crippen LogP contribution in [0.15, 0.2) is 42.9 Å². The van der Waals surface area contributed by atoms with E-state index in [1.807, 2.05) is 6.07 Å². The number of hydrogen-bond acceptors (Lipinski definition) is 7. The highest BCUT2D eigenvalue weighted by atomic mass is 16.4. The number of amides is 5. The van der Waals surface area contributed by atoms with Crippen molar-refractivity contribution in [2.45, 2.75) is 154 Å². The first-order chi connectivity index (χ1) is 26.0. The van der Waals surface area contributed by atoms with E-state index < -0.39 is 59.8 Å². The van der Waals surface area contributed by atoms with Crippen molar-refractivity contribution in [2.24, 2.45) is 0 Å². The molecule has 14 heteroatoms. The summed E-state index contributed by atoms with van der Waals surface area (Å²) < 4.78 is 0. The van der Waals surface area contributed by atoms with Crippen molar-refractivity contribution in [3.63, 3.8) is 0 Å². The maximum Gasteiger partial charge on any atom is 0.326 e. The lowest BCUT2D eigenvalue weighted by Crippen LogP contribution is -2.57. The van der Waals surface area contributed by atoms with Gasteiger partial charge in [0, 0.05) is 37.7 Å². The summed E-state index contributed by atoms with van der Waals surface area (Å²) in [7, 11) is 0. The summed E-state index contributed by atoms with van der Waals surface area (Å²) in [5, 5.41) is 20.4. The Labute approximate surface area is 319 Å². The van der Waals surface area contributed by atoms with Crippen LogP contribution >= 0.6 is 0 Å². The van der Waals surface area contributed by atoms with Gasteiger partial charge in [-0.25, -0.2) is 9.78 Å². The van der Waals surface area contributed by atoms with E-state index in [2.05, 4.69) is 38.2 Å². The Morgan fingerprint density at radius 3 is 2.04 bits per heavy atom. The lowest BCUT2D eigenvalue weighted by Gasteiger charge is -2.29. The quantitative estimate of drug-likeness (QED) is 0.0819. The summed E-state index contributed by atoms with van der Waals surface area (Å²) in [4.78, 5) is 86.3. The fourth-order valence-corrected chi connectivity index (χ4v) is 6.69. The maximum absolute atomic E-state index is 13.4. The Morgan fingerprint density at radius 2 is 1.43 bits per heavy atom. The highest BCUT2D eigenvalue weighted by Gasteiger charge is 2.38. The van der Waals surface area contributed by atoms with Crippen LogP contribution in [0.4, 0.5) is 0 Å². The van der Waals surface area contributed by atoms with E-state index >= 15 is 0 Å². The van der Waals surface area contributed by atoms with E-state index in [4.69, 9.17) is 0 Å². The monoisotopic (exact) mass is 751 g/mol. The number of H-pyrrole nitrogens is 1. The summed E-state index contributed by atoms with van der Waals surface area (Å²) in [6, 6.07) is 3.84. The second-order valence-corrected chi connectivity index (χ2v) is 14.4. The number of nitrogens with zero attached hydrogens (tertiary/aromatic N) is 2. The molecule has 6 N–H and O–H groups in total. The Balaban J connectivity index is 1.47. The summed E-state index contributed by atoms with van der Waals surface area (Å²) in [5.41, 5.74) is 1.39. The summed E-state index contributed by atoms with van der Waals surface area (Å²) in [6.45, 7) is 5.47. The number of aromatic nitrogens is 2. The molecule has 1 saturated heterocycles. The fourth-order valence-electron chi connectivity index (χ4n) is 6.69. The van der Waals surface area contributed by atoms with Crippen LogP contribution in [0.25, 0.3) is 0 Å². The first-order valence-corrected chi connectivity index (χ1v) is 19.7. The number of likely N-dealkylation sites (tertiary alicyclic amines) is 1. The highest BCUT2D eigenvalue weighted by Crippen LogP contribution is 2.19. The van der Waals surface area contributed by atoms with Crippen LogP contribution in [0.5, 0.6) is 0 Å². The van der Waals surface area contributed by atoms with E-state index in [0.29, 0.717) is 25.0 Å². The minimum Gasteiger partial charge on any atom is -0.480 e. The average molecular weight is 752 g/mol. The number of hydrogen-bond donors (Lipinski definition) is 6. The van der Waals surface area contributed by atoms with Crippen LogP contribution in [0.1, 0.15) is 122 Å². The number of aromatic amines is 1. The largest absolute Gasteiger partial charge is 0.480 e. The molecular weight excluding hydrogens is 690 g/mol. The summed E-state index contributed by atoms with van der Waals surface area (Å²) in [5.74, 6) is -3.68. The smallest absolute Gasteiger partial charge is 0.326 e. The predicted octanol–water partition coefficient (Wildman–Crippen LogP) is 3.95. The molecule has 1 aromatic carbocycles. The zero-order valence-corrected chi connectivity index (χ0v) is 32.2. The molecule has 2 heterocycles. The van der Waals surface area contributed by atoms with Crippen molar-refractivity contribution in [1.82, 2.24) is 36.1 Å². The molecule has 0 radical (unpaired) electrons. The van der Waals surface area contributed by atoms with Crippen molar-refractivity contribution in [3.8, 4) is 0 Å². The SMILES string of the molecule is CCCCCCCCCCCCCC(=O)NC(Cc1cnc[nH]1)C(=O)NC(C)C(=O)NC(C)C(=O)N1CCCC1C(=O)NC(Cc1ccccc1)C(=O)O. The molecule has 54 heavy (non-hydrogen) atoms. The first-order valence-electron chi connectivity index (χ1n) is 19.7. The Kier molecular flexibility index (Phi) is 19.3. The van der Waals surface area contributed by atoms with Gasteiger partial charge in [0.15, 0.2) is 0 Å². The van der Waals surface area contributed by atoms with Gasteiger partial charge in [-0.1, -0.05) is 101 Å². The predicted molar refractivity (Wildman–Crippen MR) is 205 cm³/mol. The van der Waals surface area contributed by atoms with Gasteiger partial charge >= 0.3 is 5.97 Å². The highest BCUT2D eigenvalue weighted by molar-refractivity contribution is 5.96. The first kappa shape index (κ1) is 43.7. The van der Waals surface area contributed by atoms with Crippen molar-refractivity contribution < 1.29 is 33.9 Å². The fraction of sp³-hybridized carbons (Fsp3) is 0.625. The molecule has 1 aliphatic heterocycles.